The van der Waals surface area contributed by atoms with E-state index < -0.39 is 101 Å². The van der Waals surface area contributed by atoms with Gasteiger partial charge in [0.2, 0.25) is 29.5 Å². The van der Waals surface area contributed by atoms with Gasteiger partial charge in [-0.05, 0) is 81.7 Å². The molecule has 0 bridgehead atoms. The number of carbonyl (C=O) groups is 7. The summed E-state index contributed by atoms with van der Waals surface area (Å²) in [4.78, 5) is 112. The zero-order valence-electron chi connectivity index (χ0n) is 40.3. The number of carbonyl (C=O) groups excluding carboxylic acids is 7. The third kappa shape index (κ3) is 10.4. The van der Waals surface area contributed by atoms with Gasteiger partial charge in [0.1, 0.15) is 30.6 Å². The summed E-state index contributed by atoms with van der Waals surface area (Å²) >= 11 is 0. The lowest BCUT2D eigenvalue weighted by atomic mass is 9.80. The number of amides is 6. The summed E-state index contributed by atoms with van der Waals surface area (Å²) in [5, 5.41) is 22.6. The third-order valence-electron chi connectivity index (χ3n) is 13.1. The minimum absolute atomic E-state index is 0.0000530. The molecule has 4 heterocycles. The molecule has 7 rings (SSSR count). The van der Waals surface area contributed by atoms with E-state index in [9.17, 15) is 43.5 Å². The average Bonchev–Trinajstić information content (AvgIpc) is 3.67. The van der Waals surface area contributed by atoms with Crippen LogP contribution in [0.4, 0.5) is 9.18 Å². The van der Waals surface area contributed by atoms with Crippen LogP contribution in [0.5, 0.6) is 0 Å². The fourth-order valence-electron chi connectivity index (χ4n) is 9.26. The van der Waals surface area contributed by atoms with E-state index in [0.717, 1.165) is 5.56 Å². The first-order chi connectivity index (χ1) is 32.9. The van der Waals surface area contributed by atoms with Crippen LogP contribution in [-0.4, -0.2) is 99.0 Å². The van der Waals surface area contributed by atoms with Crippen LogP contribution in [0.25, 0.3) is 22.3 Å². The number of fused-ring (bicyclic) bond motifs is 5. The summed E-state index contributed by atoms with van der Waals surface area (Å²) in [5.74, 6) is -4.69. The van der Waals surface area contributed by atoms with Crippen molar-refractivity contribution in [2.24, 2.45) is 11.1 Å². The Labute approximate surface area is 403 Å². The number of pyridine rings is 2. The molecule has 4 aromatic rings. The van der Waals surface area contributed by atoms with Gasteiger partial charge in [-0.15, -0.1) is 0 Å². The van der Waals surface area contributed by atoms with Gasteiger partial charge in [-0.1, -0.05) is 51.1 Å². The van der Waals surface area contributed by atoms with E-state index in [1.807, 2.05) is 0 Å². The highest BCUT2D eigenvalue weighted by Crippen LogP contribution is 2.46. The fourth-order valence-corrected chi connectivity index (χ4v) is 9.26. The highest BCUT2D eigenvalue weighted by Gasteiger charge is 2.46. The number of nitrogens with one attached hydrogen (secondary N) is 4. The van der Waals surface area contributed by atoms with Crippen molar-refractivity contribution in [3.8, 4) is 11.4 Å². The number of primary amides is 1. The van der Waals surface area contributed by atoms with Crippen molar-refractivity contribution in [3.05, 3.63) is 97.6 Å². The SMILES string of the molecule is CC[C@@]1(O)C(=O)OCc2c1cc1n(c2=O)Cc2c-1nc1cc(F)c(C)c3c1c2[C@@H](NC(=O)C(C)(C)CCN(CC(N)=O)C(=O)[C@H](Cc1ccccc1)NC(=O)CNC(=O)CNC(=O)OC(C)(C)C)CC3. The fraction of sp³-hybridized carbons (Fsp3) is 0.460. The Morgan fingerprint density at radius 2 is 1.71 bits per heavy atom. The quantitative estimate of drug-likeness (QED) is 0.0780. The predicted octanol–water partition coefficient (Wildman–Crippen LogP) is 2.73. The van der Waals surface area contributed by atoms with E-state index in [0.29, 0.717) is 57.4 Å². The number of nitrogens with two attached hydrogens (primary N) is 1. The van der Waals surface area contributed by atoms with E-state index in [4.69, 9.17) is 20.2 Å². The molecule has 6 amide bonds. The van der Waals surface area contributed by atoms with Crippen LogP contribution in [0, 0.1) is 18.2 Å². The highest BCUT2D eigenvalue weighted by atomic mass is 19.1. The molecule has 0 fully saturated rings. The zero-order valence-corrected chi connectivity index (χ0v) is 40.3. The van der Waals surface area contributed by atoms with Gasteiger partial charge in [0, 0.05) is 41.0 Å². The average molecular weight is 967 g/mol. The number of aromatic nitrogens is 2. The summed E-state index contributed by atoms with van der Waals surface area (Å²) in [6, 6.07) is 9.81. The van der Waals surface area contributed by atoms with Crippen LogP contribution in [0.3, 0.4) is 0 Å². The molecule has 70 heavy (non-hydrogen) atoms. The molecular formula is C50H59FN8O11. The standard InChI is InChI=1S/C50H59FN8O11/c1-8-50(68)31-19-36-42-29(23-59(36)43(63)30(31)25-69-46(50)66)41-33(15-14-28-26(2)32(51)20-34(56-42)40(28)41)57-45(65)49(6,7)16-17-58(24-37(52)60)44(64)35(18-27-12-10-9-11-13-27)55-39(62)22-53-38(61)21-54-47(67)70-48(3,4)5/h9-13,19-20,33,35,68H,8,14-18,21-25H2,1-7H3,(H2,52,60)(H,53,61)(H,54,67)(H,55,62)(H,57,65)/t33-,35-,50-/m0/s1. The number of hydrogen-bond donors (Lipinski definition) is 6. The van der Waals surface area contributed by atoms with Crippen molar-refractivity contribution in [1.29, 1.82) is 0 Å². The number of esters is 1. The van der Waals surface area contributed by atoms with E-state index >= 15 is 4.39 Å². The lowest BCUT2D eigenvalue weighted by Crippen LogP contribution is -2.54. The molecule has 0 saturated carbocycles. The summed E-state index contributed by atoms with van der Waals surface area (Å²) in [6.07, 6.45) is -0.101. The molecule has 0 saturated heterocycles. The molecule has 0 spiro atoms. The van der Waals surface area contributed by atoms with Gasteiger partial charge in [0.25, 0.3) is 5.56 Å². The van der Waals surface area contributed by atoms with Crippen LogP contribution in [-0.2, 0) is 69.8 Å². The van der Waals surface area contributed by atoms with Gasteiger partial charge in [-0.25, -0.2) is 19.0 Å². The van der Waals surface area contributed by atoms with Crippen molar-refractivity contribution >= 4 is 52.5 Å². The first-order valence-corrected chi connectivity index (χ1v) is 23.2. The van der Waals surface area contributed by atoms with E-state index in [1.165, 1.54) is 15.5 Å². The summed E-state index contributed by atoms with van der Waals surface area (Å²) in [5.41, 5.74) is 5.49. The van der Waals surface area contributed by atoms with Crippen LogP contribution in [0.2, 0.25) is 0 Å². The molecule has 0 radical (unpaired) electrons. The smallest absolute Gasteiger partial charge is 0.408 e. The van der Waals surface area contributed by atoms with Gasteiger partial charge in [0.05, 0.1) is 48.1 Å². The van der Waals surface area contributed by atoms with Gasteiger partial charge in [-0.2, -0.15) is 0 Å². The van der Waals surface area contributed by atoms with E-state index in [1.54, 1.807) is 84.9 Å². The Morgan fingerprint density at radius 3 is 2.39 bits per heavy atom. The molecule has 3 atom stereocenters. The number of aryl methyl sites for hydroxylation is 1. The summed E-state index contributed by atoms with van der Waals surface area (Å²) < 4.78 is 27.4. The number of aliphatic hydroxyl groups is 1. The Balaban J connectivity index is 1.11. The van der Waals surface area contributed by atoms with E-state index in [-0.39, 0.29) is 50.1 Å². The van der Waals surface area contributed by atoms with Crippen LogP contribution >= 0.6 is 0 Å². The molecule has 2 aromatic heterocycles. The number of alkyl carbamates (subject to hydrolysis) is 1. The van der Waals surface area contributed by atoms with Crippen molar-refractivity contribution in [2.45, 2.75) is 117 Å². The van der Waals surface area contributed by atoms with Crippen LogP contribution < -0.4 is 32.6 Å². The normalized spacial score (nSPS) is 17.3. The van der Waals surface area contributed by atoms with Gasteiger partial charge in [0.15, 0.2) is 5.60 Å². The first kappa shape index (κ1) is 50.7. The van der Waals surface area contributed by atoms with Crippen LogP contribution in [0.1, 0.15) is 106 Å². The van der Waals surface area contributed by atoms with Gasteiger partial charge < -0.3 is 51.0 Å². The maximum absolute atomic E-state index is 15.5. The largest absolute Gasteiger partial charge is 0.458 e. The zero-order chi connectivity index (χ0) is 51.0. The van der Waals surface area contributed by atoms with Crippen molar-refractivity contribution in [3.63, 3.8) is 0 Å². The lowest BCUT2D eigenvalue weighted by molar-refractivity contribution is -0.172. The van der Waals surface area contributed by atoms with E-state index in [2.05, 4.69) is 21.3 Å². The minimum Gasteiger partial charge on any atom is -0.458 e. The number of benzene rings is 2. The molecule has 3 aliphatic rings. The maximum atomic E-state index is 15.5. The molecule has 1 aliphatic carbocycles. The van der Waals surface area contributed by atoms with Crippen LogP contribution in [0.15, 0.2) is 47.3 Å². The maximum Gasteiger partial charge on any atom is 0.408 e. The molecule has 19 nitrogen and oxygen atoms in total. The molecule has 7 N–H and O–H groups in total. The highest BCUT2D eigenvalue weighted by molar-refractivity contribution is 5.95. The first-order valence-electron chi connectivity index (χ1n) is 23.2. The Hall–Kier alpha value is -7.22. The third-order valence-corrected chi connectivity index (χ3v) is 13.1. The molecule has 0 unspecified atom stereocenters. The monoisotopic (exact) mass is 966 g/mol. The van der Waals surface area contributed by atoms with Gasteiger partial charge in [-0.3, -0.25) is 28.8 Å². The number of ether oxygens (including phenoxy) is 2. The Bertz CT molecular complexity index is 2880. The second-order valence-electron chi connectivity index (χ2n) is 19.7. The molecule has 2 aromatic carbocycles. The number of rotatable bonds is 16. The Kier molecular flexibility index (Phi) is 14.2. The number of hydrogen-bond acceptors (Lipinski definition) is 12. The summed E-state index contributed by atoms with van der Waals surface area (Å²) in [6.45, 7) is 9.65. The molecule has 2 aliphatic heterocycles. The molecule has 372 valence electrons. The number of cyclic esters (lactones) is 1. The number of nitrogens with zero attached hydrogens (tertiary/aromatic N) is 3. The second kappa shape index (κ2) is 19.6. The van der Waals surface area contributed by atoms with Crippen molar-refractivity contribution in [1.82, 2.24) is 35.7 Å². The lowest BCUT2D eigenvalue weighted by Gasteiger charge is -2.34. The Morgan fingerprint density at radius 1 is 1.01 bits per heavy atom. The summed E-state index contributed by atoms with van der Waals surface area (Å²) in [7, 11) is 0. The van der Waals surface area contributed by atoms with Crippen molar-refractivity contribution < 1.29 is 52.5 Å². The van der Waals surface area contributed by atoms with Crippen molar-refractivity contribution in [2.75, 3.05) is 26.2 Å². The molecular weight excluding hydrogens is 908 g/mol. The number of halogens is 1. The predicted molar refractivity (Wildman–Crippen MR) is 252 cm³/mol. The second-order valence-corrected chi connectivity index (χ2v) is 19.7. The topological polar surface area (TPSA) is 270 Å². The molecule has 20 heteroatoms. The van der Waals surface area contributed by atoms with Gasteiger partial charge >= 0.3 is 12.1 Å². The minimum atomic E-state index is -2.06.